The van der Waals surface area contributed by atoms with Gasteiger partial charge in [0.2, 0.25) is 0 Å². The number of aliphatic imine (C=N–C) groups is 1. The molecule has 0 bridgehead atoms. The van der Waals surface area contributed by atoms with Crippen LogP contribution in [-0.4, -0.2) is 70.3 Å². The van der Waals surface area contributed by atoms with Gasteiger partial charge in [-0.15, -0.1) is 0 Å². The van der Waals surface area contributed by atoms with Crippen molar-refractivity contribution in [1.29, 1.82) is 0 Å². The van der Waals surface area contributed by atoms with Crippen LogP contribution in [0.25, 0.3) is 0 Å². The summed E-state index contributed by atoms with van der Waals surface area (Å²) in [6.45, 7) is 2.29. The van der Waals surface area contributed by atoms with E-state index in [0.29, 0.717) is 6.61 Å². The number of rotatable bonds is 4. The summed E-state index contributed by atoms with van der Waals surface area (Å²) in [6, 6.07) is 9.40. The van der Waals surface area contributed by atoms with E-state index in [-0.39, 0.29) is 11.5 Å². The highest BCUT2D eigenvalue weighted by Gasteiger charge is 2.50. The zero-order chi connectivity index (χ0) is 17.3. The van der Waals surface area contributed by atoms with Crippen LogP contribution in [0.2, 0.25) is 0 Å². The Bertz CT molecular complexity index is 583. The highest BCUT2D eigenvalue weighted by molar-refractivity contribution is 8.14. The van der Waals surface area contributed by atoms with Crippen LogP contribution < -0.4 is 0 Å². The molecular weight excluding hydrogens is 328 g/mol. The summed E-state index contributed by atoms with van der Waals surface area (Å²) in [4.78, 5) is 6.34. The summed E-state index contributed by atoms with van der Waals surface area (Å²) >= 11 is 1.47. The predicted molar refractivity (Wildman–Crippen MR) is 93.9 cm³/mol. The molecule has 1 aromatic rings. The van der Waals surface area contributed by atoms with Gasteiger partial charge in [0.05, 0.1) is 12.7 Å². The summed E-state index contributed by atoms with van der Waals surface area (Å²) in [5, 5.41) is 21.7. The van der Waals surface area contributed by atoms with Crippen molar-refractivity contribution in [3.8, 4) is 0 Å². The van der Waals surface area contributed by atoms with E-state index in [1.54, 1.807) is 0 Å². The molecule has 0 saturated carbocycles. The number of hydrogen-bond donors (Lipinski definition) is 2. The minimum atomic E-state index is -1.03. The summed E-state index contributed by atoms with van der Waals surface area (Å²) < 4.78 is 11.9. The molecule has 2 aliphatic rings. The quantitative estimate of drug-likeness (QED) is 0.844. The molecule has 0 spiro atoms. The van der Waals surface area contributed by atoms with Crippen molar-refractivity contribution in [2.24, 2.45) is 4.99 Å². The fraction of sp³-hybridized carbons (Fsp3) is 0.588. The van der Waals surface area contributed by atoms with Crippen LogP contribution in [0.1, 0.15) is 12.5 Å². The lowest BCUT2D eigenvalue weighted by molar-refractivity contribution is -0.193. The maximum Gasteiger partial charge on any atom is 0.161 e. The zero-order valence-electron chi connectivity index (χ0n) is 14.1. The second-order valence-electron chi connectivity index (χ2n) is 6.37. The third kappa shape index (κ3) is 3.60. The van der Waals surface area contributed by atoms with Crippen molar-refractivity contribution < 1.29 is 19.7 Å². The lowest BCUT2D eigenvalue weighted by atomic mass is 9.95. The van der Waals surface area contributed by atoms with Crippen LogP contribution in [-0.2, 0) is 16.1 Å². The molecule has 2 N–H and O–H groups in total. The molecule has 2 aliphatic heterocycles. The molecule has 6 nitrogen and oxygen atoms in total. The van der Waals surface area contributed by atoms with Gasteiger partial charge in [-0.05, 0) is 12.5 Å². The molecule has 1 saturated heterocycles. The Hall–Kier alpha value is -1.12. The predicted octanol–water partition coefficient (Wildman–Crippen LogP) is 1.07. The van der Waals surface area contributed by atoms with E-state index in [9.17, 15) is 10.2 Å². The molecule has 6 atom stereocenters. The normalized spacial score (nSPS) is 33.7. The third-order valence-electron chi connectivity index (χ3n) is 4.29. The number of hydrogen-bond acceptors (Lipinski definition) is 7. The van der Waals surface area contributed by atoms with Crippen molar-refractivity contribution in [3.05, 3.63) is 35.9 Å². The molecule has 0 amide bonds. The van der Waals surface area contributed by atoms with Crippen LogP contribution in [0.15, 0.2) is 35.3 Å². The molecule has 3 rings (SSSR count). The number of aliphatic hydroxyl groups excluding tert-OH is 2. The molecule has 1 fully saturated rings. The summed E-state index contributed by atoms with van der Waals surface area (Å²) in [5.74, 6) is 0. The van der Waals surface area contributed by atoms with Gasteiger partial charge in [-0.2, -0.15) is 0 Å². The minimum absolute atomic E-state index is 0.298. The van der Waals surface area contributed by atoms with Gasteiger partial charge >= 0.3 is 0 Å². The van der Waals surface area contributed by atoms with E-state index in [2.05, 4.69) is 4.99 Å². The fourth-order valence-electron chi connectivity index (χ4n) is 2.88. The van der Waals surface area contributed by atoms with Gasteiger partial charge in [-0.3, -0.25) is 4.99 Å². The van der Waals surface area contributed by atoms with Crippen molar-refractivity contribution >= 4 is 16.9 Å². The van der Waals surface area contributed by atoms with Crippen LogP contribution in [0.4, 0.5) is 0 Å². The van der Waals surface area contributed by atoms with Gasteiger partial charge in [0, 0.05) is 14.1 Å². The molecule has 0 radical (unpaired) electrons. The first-order valence-electron chi connectivity index (χ1n) is 8.06. The fourth-order valence-corrected chi connectivity index (χ4v) is 4.02. The first-order valence-corrected chi connectivity index (χ1v) is 8.94. The smallest absolute Gasteiger partial charge is 0.161 e. The third-order valence-corrected chi connectivity index (χ3v) is 5.59. The molecule has 0 aromatic heterocycles. The maximum absolute atomic E-state index is 10.4. The van der Waals surface area contributed by atoms with Crippen molar-refractivity contribution in [1.82, 2.24) is 4.90 Å². The molecule has 2 heterocycles. The Labute approximate surface area is 146 Å². The van der Waals surface area contributed by atoms with Crippen molar-refractivity contribution in [2.45, 2.75) is 49.4 Å². The minimum Gasteiger partial charge on any atom is -0.388 e. The van der Waals surface area contributed by atoms with E-state index >= 15 is 0 Å². The summed E-state index contributed by atoms with van der Waals surface area (Å²) in [7, 11) is 3.80. The first-order chi connectivity index (χ1) is 11.5. The molecule has 1 aromatic carbocycles. The number of thioether (sulfide) groups is 1. The van der Waals surface area contributed by atoms with Crippen LogP contribution in [0, 0.1) is 0 Å². The molecule has 0 aliphatic carbocycles. The molecule has 24 heavy (non-hydrogen) atoms. The van der Waals surface area contributed by atoms with Crippen LogP contribution in [0.5, 0.6) is 0 Å². The number of aliphatic hydroxyl groups is 2. The average Bonchev–Trinajstić information content (AvgIpc) is 3.01. The highest BCUT2D eigenvalue weighted by atomic mass is 32.2. The van der Waals surface area contributed by atoms with Gasteiger partial charge in [-0.25, -0.2) is 0 Å². The van der Waals surface area contributed by atoms with Crippen LogP contribution >= 0.6 is 11.8 Å². The van der Waals surface area contributed by atoms with E-state index < -0.39 is 24.4 Å². The highest BCUT2D eigenvalue weighted by Crippen LogP contribution is 2.38. The lowest BCUT2D eigenvalue weighted by Gasteiger charge is -2.40. The van der Waals surface area contributed by atoms with Crippen molar-refractivity contribution in [2.75, 3.05) is 14.1 Å². The van der Waals surface area contributed by atoms with E-state index in [1.807, 2.05) is 56.3 Å². The second kappa shape index (κ2) is 7.41. The van der Waals surface area contributed by atoms with Crippen LogP contribution in [0.3, 0.4) is 0 Å². The van der Waals surface area contributed by atoms with Gasteiger partial charge in [0.25, 0.3) is 0 Å². The first kappa shape index (κ1) is 17.7. The maximum atomic E-state index is 10.4. The SMILES string of the molecule is C[C@@H](OCc1ccccc1)[C@H]1O[C@@H]2SC(N(C)C)=N[C@@H]2[C@@H](O)[C@@H]1O. The number of fused-ring (bicyclic) bond motifs is 1. The van der Waals surface area contributed by atoms with Gasteiger partial charge < -0.3 is 24.6 Å². The molecule has 0 unspecified atom stereocenters. The Kier molecular flexibility index (Phi) is 5.46. The summed E-state index contributed by atoms with van der Waals surface area (Å²) in [5.41, 5.74) is 0.759. The molecular formula is C17H24N2O4S. The largest absolute Gasteiger partial charge is 0.388 e. The number of benzene rings is 1. The van der Waals surface area contributed by atoms with E-state index in [1.165, 1.54) is 11.8 Å². The molecule has 132 valence electrons. The Morgan fingerprint density at radius 2 is 1.96 bits per heavy atom. The number of amidine groups is 1. The van der Waals surface area contributed by atoms with E-state index in [0.717, 1.165) is 10.7 Å². The van der Waals surface area contributed by atoms with E-state index in [4.69, 9.17) is 9.47 Å². The second-order valence-corrected chi connectivity index (χ2v) is 7.43. The Morgan fingerprint density at radius 3 is 2.62 bits per heavy atom. The van der Waals surface area contributed by atoms with Gasteiger partial charge in [0.15, 0.2) is 5.17 Å². The Balaban J connectivity index is 1.63. The zero-order valence-corrected chi connectivity index (χ0v) is 14.9. The standard InChI is InChI=1S/C17H24N2O4S/c1-10(22-9-11-7-5-4-6-8-11)15-14(21)13(20)12-16(23-15)24-17(18-12)19(2)3/h4-8,10,12-16,20-21H,9H2,1-3H3/t10-,12-,13-,14+,15-,16-/m1/s1. The van der Waals surface area contributed by atoms with Crippen molar-refractivity contribution in [3.63, 3.8) is 0 Å². The molecule has 7 heteroatoms. The topological polar surface area (TPSA) is 74.5 Å². The Morgan fingerprint density at radius 1 is 1.25 bits per heavy atom. The van der Waals surface area contributed by atoms with Gasteiger partial charge in [0.1, 0.15) is 29.8 Å². The monoisotopic (exact) mass is 352 g/mol. The lowest BCUT2D eigenvalue weighted by Crippen LogP contribution is -2.58. The summed E-state index contributed by atoms with van der Waals surface area (Å²) in [6.07, 6.45) is -2.92. The average molecular weight is 352 g/mol. The van der Waals surface area contributed by atoms with Gasteiger partial charge in [-0.1, -0.05) is 42.1 Å². The number of nitrogens with zero attached hydrogens (tertiary/aromatic N) is 2. The number of ether oxygens (including phenoxy) is 2.